The number of unbranched alkanes of at least 4 members (excludes halogenated alkanes) is 1. The van der Waals surface area contributed by atoms with Gasteiger partial charge in [0.25, 0.3) is 0 Å². The SMILES string of the molecule is CCCCN(c1ccccc1)c1ccc(C=NN=C2NC(=O)C(CC(=O)O)S2)cc1. The van der Waals surface area contributed by atoms with Crippen molar-refractivity contribution in [2.75, 3.05) is 11.4 Å². The predicted molar refractivity (Wildman–Crippen MR) is 122 cm³/mol. The Bertz CT molecular complexity index is 929. The number of para-hydroxylation sites is 1. The second kappa shape index (κ2) is 10.6. The van der Waals surface area contributed by atoms with E-state index in [0.717, 1.165) is 48.1 Å². The molecular formula is C22H24N4O3S. The van der Waals surface area contributed by atoms with Crippen molar-refractivity contribution in [2.45, 2.75) is 31.4 Å². The van der Waals surface area contributed by atoms with Gasteiger partial charge in [0.2, 0.25) is 5.91 Å². The highest BCUT2D eigenvalue weighted by Gasteiger charge is 2.32. The quantitative estimate of drug-likeness (QED) is 0.468. The molecule has 1 atom stereocenters. The summed E-state index contributed by atoms with van der Waals surface area (Å²) < 4.78 is 0. The molecule has 1 fully saturated rings. The molecule has 1 amide bonds. The number of carboxylic acids is 1. The van der Waals surface area contributed by atoms with E-state index in [4.69, 9.17) is 5.11 Å². The fraction of sp³-hybridized carbons (Fsp3) is 0.273. The third-order valence-corrected chi connectivity index (χ3v) is 5.57. The molecule has 0 aromatic heterocycles. The van der Waals surface area contributed by atoms with Crippen LogP contribution in [0.5, 0.6) is 0 Å². The second-order valence-electron chi connectivity index (χ2n) is 6.78. The molecule has 30 heavy (non-hydrogen) atoms. The molecule has 0 bridgehead atoms. The van der Waals surface area contributed by atoms with Crippen molar-refractivity contribution in [3.8, 4) is 0 Å². The standard InChI is InChI=1S/C22H24N4O3S/c1-2-3-13-26(17-7-5-4-6-8-17)18-11-9-16(10-12-18)15-23-25-22-24-21(29)19(30-22)14-20(27)28/h4-12,15,19H,2-3,13-14H2,1H3,(H,27,28)(H,24,25,29). The van der Waals surface area contributed by atoms with Crippen LogP contribution in [0.1, 0.15) is 31.7 Å². The maximum absolute atomic E-state index is 11.7. The van der Waals surface area contributed by atoms with Crippen molar-refractivity contribution in [3.63, 3.8) is 0 Å². The summed E-state index contributed by atoms with van der Waals surface area (Å²) in [5.41, 5.74) is 3.14. The van der Waals surface area contributed by atoms with E-state index in [1.54, 1.807) is 6.21 Å². The zero-order valence-electron chi connectivity index (χ0n) is 16.7. The molecule has 1 aliphatic heterocycles. The highest BCUT2D eigenvalue weighted by Crippen LogP contribution is 2.26. The van der Waals surface area contributed by atoms with E-state index in [1.165, 1.54) is 0 Å². The molecule has 8 heteroatoms. The van der Waals surface area contributed by atoms with Crippen molar-refractivity contribution in [1.29, 1.82) is 0 Å². The number of hydrogen-bond acceptors (Lipinski definition) is 6. The second-order valence-corrected chi connectivity index (χ2v) is 7.97. The van der Waals surface area contributed by atoms with Gasteiger partial charge < -0.3 is 15.3 Å². The number of carboxylic acid groups (broad SMARTS) is 1. The van der Waals surface area contributed by atoms with E-state index < -0.39 is 11.2 Å². The fourth-order valence-electron chi connectivity index (χ4n) is 2.96. The average molecular weight is 425 g/mol. The molecule has 1 aliphatic rings. The number of aliphatic carboxylic acids is 1. The van der Waals surface area contributed by atoms with Crippen molar-refractivity contribution >= 4 is 46.4 Å². The lowest BCUT2D eigenvalue weighted by molar-refractivity contribution is -0.138. The summed E-state index contributed by atoms with van der Waals surface area (Å²) in [6.45, 7) is 3.12. The Morgan fingerprint density at radius 1 is 1.17 bits per heavy atom. The molecule has 0 aliphatic carbocycles. The maximum atomic E-state index is 11.7. The van der Waals surface area contributed by atoms with Gasteiger partial charge in [0.15, 0.2) is 5.17 Å². The number of carbonyl (C=O) groups excluding carboxylic acids is 1. The summed E-state index contributed by atoms with van der Waals surface area (Å²) in [5, 5.41) is 19.0. The molecule has 0 saturated carbocycles. The van der Waals surface area contributed by atoms with Gasteiger partial charge in [-0.05, 0) is 36.2 Å². The minimum Gasteiger partial charge on any atom is -0.481 e. The summed E-state index contributed by atoms with van der Waals surface area (Å²) >= 11 is 1.08. The van der Waals surface area contributed by atoms with Crippen LogP contribution in [0.15, 0.2) is 64.8 Å². The van der Waals surface area contributed by atoms with Crippen molar-refractivity contribution in [1.82, 2.24) is 5.32 Å². The van der Waals surface area contributed by atoms with Gasteiger partial charge >= 0.3 is 5.97 Å². The molecule has 1 unspecified atom stereocenters. The van der Waals surface area contributed by atoms with Gasteiger partial charge in [0.1, 0.15) is 5.25 Å². The van der Waals surface area contributed by atoms with Crippen molar-refractivity contribution in [2.24, 2.45) is 10.2 Å². The normalized spacial score (nSPS) is 17.4. The number of benzene rings is 2. The number of anilines is 2. The van der Waals surface area contributed by atoms with Crippen LogP contribution in [0.2, 0.25) is 0 Å². The number of rotatable bonds is 9. The number of hydrogen-bond donors (Lipinski definition) is 2. The van der Waals surface area contributed by atoms with Crippen LogP contribution in [0, 0.1) is 0 Å². The Morgan fingerprint density at radius 2 is 1.87 bits per heavy atom. The Morgan fingerprint density at radius 3 is 2.53 bits per heavy atom. The Hall–Kier alpha value is -3.13. The van der Waals surface area contributed by atoms with Crippen LogP contribution in [0.25, 0.3) is 0 Å². The number of thioether (sulfide) groups is 1. The van der Waals surface area contributed by atoms with Gasteiger partial charge in [-0.15, -0.1) is 5.10 Å². The lowest BCUT2D eigenvalue weighted by atomic mass is 10.1. The fourth-order valence-corrected chi connectivity index (χ4v) is 3.88. The first-order chi connectivity index (χ1) is 14.6. The Kier molecular flexibility index (Phi) is 7.62. The summed E-state index contributed by atoms with van der Waals surface area (Å²) in [7, 11) is 0. The van der Waals surface area contributed by atoms with Gasteiger partial charge in [0.05, 0.1) is 12.6 Å². The minimum absolute atomic E-state index is 0.239. The number of carbonyl (C=O) groups is 2. The van der Waals surface area contributed by atoms with E-state index in [1.807, 2.05) is 42.5 Å². The van der Waals surface area contributed by atoms with E-state index in [9.17, 15) is 9.59 Å². The summed E-state index contributed by atoms with van der Waals surface area (Å²) in [4.78, 5) is 24.8. The zero-order valence-corrected chi connectivity index (χ0v) is 17.5. The maximum Gasteiger partial charge on any atom is 0.305 e. The molecule has 3 rings (SSSR count). The van der Waals surface area contributed by atoms with E-state index in [0.29, 0.717) is 5.17 Å². The van der Waals surface area contributed by atoms with E-state index in [2.05, 4.69) is 39.5 Å². The molecule has 1 heterocycles. The van der Waals surface area contributed by atoms with Gasteiger partial charge in [-0.3, -0.25) is 9.59 Å². The minimum atomic E-state index is -1.02. The van der Waals surface area contributed by atoms with Crippen LogP contribution in [-0.2, 0) is 9.59 Å². The molecule has 2 aromatic carbocycles. The van der Waals surface area contributed by atoms with E-state index in [-0.39, 0.29) is 12.3 Å². The summed E-state index contributed by atoms with van der Waals surface area (Å²) in [6.07, 6.45) is 3.59. The smallest absolute Gasteiger partial charge is 0.305 e. The largest absolute Gasteiger partial charge is 0.481 e. The topological polar surface area (TPSA) is 94.4 Å². The highest BCUT2D eigenvalue weighted by atomic mass is 32.2. The number of nitrogens with one attached hydrogen (secondary N) is 1. The molecule has 1 saturated heterocycles. The predicted octanol–water partition coefficient (Wildman–Crippen LogP) is 4.02. The lowest BCUT2D eigenvalue weighted by Crippen LogP contribution is -2.26. The van der Waals surface area contributed by atoms with Gasteiger partial charge in [-0.25, -0.2) is 0 Å². The van der Waals surface area contributed by atoms with Crippen molar-refractivity contribution in [3.05, 3.63) is 60.2 Å². The van der Waals surface area contributed by atoms with Crippen LogP contribution < -0.4 is 10.2 Å². The van der Waals surface area contributed by atoms with Crippen molar-refractivity contribution < 1.29 is 14.7 Å². The third-order valence-electron chi connectivity index (χ3n) is 4.50. The third kappa shape index (κ3) is 5.93. The molecule has 0 radical (unpaired) electrons. The molecule has 2 aromatic rings. The Labute approximate surface area is 179 Å². The molecule has 0 spiro atoms. The number of amidine groups is 1. The highest BCUT2D eigenvalue weighted by molar-refractivity contribution is 8.15. The molecule has 2 N–H and O–H groups in total. The summed E-state index contributed by atoms with van der Waals surface area (Å²) in [6, 6.07) is 18.3. The Balaban J connectivity index is 1.66. The van der Waals surface area contributed by atoms with Gasteiger partial charge in [0, 0.05) is 17.9 Å². The molecule has 156 valence electrons. The lowest BCUT2D eigenvalue weighted by Gasteiger charge is -2.25. The first kappa shape index (κ1) is 21.6. The van der Waals surface area contributed by atoms with Gasteiger partial charge in [-0.2, -0.15) is 5.10 Å². The number of amides is 1. The first-order valence-electron chi connectivity index (χ1n) is 9.80. The van der Waals surface area contributed by atoms with Crippen LogP contribution in [-0.4, -0.2) is 40.2 Å². The van der Waals surface area contributed by atoms with Crippen LogP contribution >= 0.6 is 11.8 Å². The van der Waals surface area contributed by atoms with Crippen LogP contribution in [0.3, 0.4) is 0 Å². The summed E-state index contributed by atoms with van der Waals surface area (Å²) in [5.74, 6) is -1.37. The van der Waals surface area contributed by atoms with Crippen LogP contribution in [0.4, 0.5) is 11.4 Å². The first-order valence-corrected chi connectivity index (χ1v) is 10.7. The number of nitrogens with zero attached hydrogens (tertiary/aromatic N) is 3. The zero-order chi connectivity index (χ0) is 21.3. The average Bonchev–Trinajstić information content (AvgIpc) is 3.08. The molecular weight excluding hydrogens is 400 g/mol. The molecule has 7 nitrogen and oxygen atoms in total. The monoisotopic (exact) mass is 424 g/mol. The van der Waals surface area contributed by atoms with E-state index >= 15 is 0 Å². The van der Waals surface area contributed by atoms with Gasteiger partial charge in [-0.1, -0.05) is 55.4 Å².